The quantitative estimate of drug-likeness (QED) is 0.738. The molecular formula is C20H29NO4. The highest BCUT2D eigenvalue weighted by Crippen LogP contribution is 2.24. The van der Waals surface area contributed by atoms with Crippen molar-refractivity contribution in [3.05, 3.63) is 35.9 Å². The summed E-state index contributed by atoms with van der Waals surface area (Å²) in [6.45, 7) is 3.35. The van der Waals surface area contributed by atoms with Gasteiger partial charge >= 0.3 is 5.97 Å². The highest BCUT2D eigenvalue weighted by atomic mass is 16.5. The second-order valence-electron chi connectivity index (χ2n) is 6.92. The summed E-state index contributed by atoms with van der Waals surface area (Å²) < 4.78 is 5.95. The third-order valence-electron chi connectivity index (χ3n) is 4.91. The van der Waals surface area contributed by atoms with E-state index in [1.54, 1.807) is 13.8 Å². The van der Waals surface area contributed by atoms with Crippen LogP contribution in [0, 0.1) is 5.92 Å². The number of hydrogen-bond acceptors (Lipinski definition) is 3. The fourth-order valence-corrected chi connectivity index (χ4v) is 3.30. The van der Waals surface area contributed by atoms with Crippen LogP contribution >= 0.6 is 0 Å². The maximum Gasteiger partial charge on any atom is 0.308 e. The predicted molar refractivity (Wildman–Crippen MR) is 96.2 cm³/mol. The molecule has 0 aliphatic heterocycles. The Morgan fingerprint density at radius 3 is 2.24 bits per heavy atom. The van der Waals surface area contributed by atoms with E-state index in [0.717, 1.165) is 31.2 Å². The summed E-state index contributed by atoms with van der Waals surface area (Å²) >= 11 is 0. The lowest BCUT2D eigenvalue weighted by Crippen LogP contribution is -2.42. The van der Waals surface area contributed by atoms with Gasteiger partial charge in [-0.3, -0.25) is 9.59 Å². The van der Waals surface area contributed by atoms with Crippen LogP contribution in [0.2, 0.25) is 0 Å². The lowest BCUT2D eigenvalue weighted by Gasteiger charge is -2.26. The van der Waals surface area contributed by atoms with Gasteiger partial charge in [0.2, 0.25) is 5.91 Å². The molecule has 138 valence electrons. The summed E-state index contributed by atoms with van der Waals surface area (Å²) in [6.07, 6.45) is 6.25. The number of aliphatic carboxylic acids is 1. The Morgan fingerprint density at radius 1 is 1.08 bits per heavy atom. The summed E-state index contributed by atoms with van der Waals surface area (Å²) in [5.41, 5.74) is 0.785. The molecule has 5 heteroatoms. The Bertz CT molecular complexity index is 552. The largest absolute Gasteiger partial charge is 0.481 e. The van der Waals surface area contributed by atoms with E-state index in [2.05, 4.69) is 5.32 Å². The molecule has 1 aliphatic carbocycles. The highest BCUT2D eigenvalue weighted by molar-refractivity contribution is 5.82. The zero-order chi connectivity index (χ0) is 18.2. The number of benzene rings is 1. The van der Waals surface area contributed by atoms with Crippen molar-refractivity contribution in [3.63, 3.8) is 0 Å². The second-order valence-corrected chi connectivity index (χ2v) is 6.92. The summed E-state index contributed by atoms with van der Waals surface area (Å²) in [7, 11) is 0. The van der Waals surface area contributed by atoms with Gasteiger partial charge in [0, 0.05) is 0 Å². The van der Waals surface area contributed by atoms with E-state index in [1.165, 1.54) is 12.8 Å². The van der Waals surface area contributed by atoms with E-state index in [0.29, 0.717) is 0 Å². The molecule has 1 aromatic rings. The summed E-state index contributed by atoms with van der Waals surface area (Å²) in [6, 6.07) is 8.64. The molecule has 1 saturated carbocycles. The van der Waals surface area contributed by atoms with Crippen molar-refractivity contribution in [1.29, 1.82) is 0 Å². The lowest BCUT2D eigenvalue weighted by molar-refractivity contribution is -0.143. The van der Waals surface area contributed by atoms with Crippen molar-refractivity contribution < 1.29 is 19.4 Å². The summed E-state index contributed by atoms with van der Waals surface area (Å²) in [5.74, 6) is -1.92. The number of rotatable bonds is 7. The predicted octanol–water partition coefficient (Wildman–Crippen LogP) is 3.69. The molecule has 0 spiro atoms. The van der Waals surface area contributed by atoms with E-state index < -0.39 is 24.0 Å². The number of hydrogen-bond donors (Lipinski definition) is 2. The molecule has 1 fully saturated rings. The van der Waals surface area contributed by atoms with Crippen LogP contribution in [0.25, 0.3) is 0 Å². The molecule has 1 aromatic carbocycles. The average Bonchev–Trinajstić information content (AvgIpc) is 2.88. The van der Waals surface area contributed by atoms with Gasteiger partial charge in [-0.2, -0.15) is 0 Å². The van der Waals surface area contributed by atoms with Crippen molar-refractivity contribution in [2.45, 2.75) is 70.6 Å². The minimum absolute atomic E-state index is 0.121. The van der Waals surface area contributed by atoms with Crippen LogP contribution in [0.5, 0.6) is 0 Å². The topological polar surface area (TPSA) is 75.6 Å². The van der Waals surface area contributed by atoms with E-state index in [-0.39, 0.29) is 12.0 Å². The van der Waals surface area contributed by atoms with Crippen LogP contribution in [-0.2, 0) is 14.3 Å². The molecule has 1 aliphatic rings. The van der Waals surface area contributed by atoms with Crippen LogP contribution in [0.15, 0.2) is 30.3 Å². The molecule has 0 bridgehead atoms. The van der Waals surface area contributed by atoms with Gasteiger partial charge in [-0.1, -0.05) is 56.0 Å². The molecule has 25 heavy (non-hydrogen) atoms. The SMILES string of the molecule is CC(OC1CCCCCC1)C(=O)NC(c1ccccc1)C(C)C(=O)O. The smallest absolute Gasteiger partial charge is 0.308 e. The number of amides is 1. The molecule has 0 saturated heterocycles. The zero-order valence-corrected chi connectivity index (χ0v) is 15.1. The standard InChI is InChI=1S/C20H29NO4/c1-14(20(23)24)18(16-10-6-5-7-11-16)21-19(22)15(2)25-17-12-8-3-4-9-13-17/h5-7,10-11,14-15,17-18H,3-4,8-9,12-13H2,1-2H3,(H,21,22)(H,23,24). The first-order valence-electron chi connectivity index (χ1n) is 9.22. The number of nitrogens with one attached hydrogen (secondary N) is 1. The van der Waals surface area contributed by atoms with E-state index in [9.17, 15) is 14.7 Å². The highest BCUT2D eigenvalue weighted by Gasteiger charge is 2.29. The summed E-state index contributed by atoms with van der Waals surface area (Å²) in [4.78, 5) is 24.0. The fraction of sp³-hybridized carbons (Fsp3) is 0.600. The second kappa shape index (κ2) is 9.56. The molecule has 0 radical (unpaired) electrons. The van der Waals surface area contributed by atoms with Crippen LogP contribution in [0.4, 0.5) is 0 Å². The van der Waals surface area contributed by atoms with Gasteiger partial charge in [-0.25, -0.2) is 0 Å². The number of carbonyl (C=O) groups excluding carboxylic acids is 1. The first-order chi connectivity index (χ1) is 12.0. The average molecular weight is 347 g/mol. The van der Waals surface area contributed by atoms with Crippen molar-refractivity contribution in [3.8, 4) is 0 Å². The van der Waals surface area contributed by atoms with Gasteiger partial charge in [0.05, 0.1) is 18.1 Å². The molecule has 0 heterocycles. The van der Waals surface area contributed by atoms with Crippen molar-refractivity contribution in [2.24, 2.45) is 5.92 Å². The minimum atomic E-state index is -0.938. The van der Waals surface area contributed by atoms with E-state index in [1.807, 2.05) is 30.3 Å². The Morgan fingerprint density at radius 2 is 1.68 bits per heavy atom. The fourth-order valence-electron chi connectivity index (χ4n) is 3.30. The monoisotopic (exact) mass is 347 g/mol. The maximum atomic E-state index is 12.6. The zero-order valence-electron chi connectivity index (χ0n) is 15.1. The van der Waals surface area contributed by atoms with Gasteiger partial charge in [0.1, 0.15) is 6.10 Å². The van der Waals surface area contributed by atoms with Gasteiger partial charge in [-0.15, -0.1) is 0 Å². The van der Waals surface area contributed by atoms with Crippen LogP contribution in [0.3, 0.4) is 0 Å². The van der Waals surface area contributed by atoms with Crippen molar-refractivity contribution in [1.82, 2.24) is 5.32 Å². The van der Waals surface area contributed by atoms with E-state index >= 15 is 0 Å². The van der Waals surface area contributed by atoms with Gasteiger partial charge in [0.15, 0.2) is 0 Å². The minimum Gasteiger partial charge on any atom is -0.481 e. The number of ether oxygens (including phenoxy) is 1. The number of carboxylic acid groups (broad SMARTS) is 1. The summed E-state index contributed by atoms with van der Waals surface area (Å²) in [5, 5.41) is 12.2. The molecule has 5 nitrogen and oxygen atoms in total. The van der Waals surface area contributed by atoms with Gasteiger partial charge in [0.25, 0.3) is 0 Å². The Hall–Kier alpha value is -1.88. The third kappa shape index (κ3) is 5.85. The number of carbonyl (C=O) groups is 2. The first kappa shape index (κ1) is 19.4. The van der Waals surface area contributed by atoms with Crippen LogP contribution in [0.1, 0.15) is 64.0 Å². The molecule has 0 aromatic heterocycles. The molecule has 2 rings (SSSR count). The molecule has 3 atom stereocenters. The maximum absolute atomic E-state index is 12.6. The molecule has 1 amide bonds. The van der Waals surface area contributed by atoms with E-state index in [4.69, 9.17) is 4.74 Å². The van der Waals surface area contributed by atoms with Crippen LogP contribution < -0.4 is 5.32 Å². The van der Waals surface area contributed by atoms with Crippen molar-refractivity contribution in [2.75, 3.05) is 0 Å². The Balaban J connectivity index is 2.01. The third-order valence-corrected chi connectivity index (χ3v) is 4.91. The Kier molecular flexibility index (Phi) is 7.44. The van der Waals surface area contributed by atoms with Gasteiger partial charge in [-0.05, 0) is 32.3 Å². The van der Waals surface area contributed by atoms with Crippen molar-refractivity contribution >= 4 is 11.9 Å². The number of carboxylic acids is 1. The normalized spacial score (nSPS) is 19.4. The molecule has 3 unspecified atom stereocenters. The molecule has 2 N–H and O–H groups in total. The molecular weight excluding hydrogens is 318 g/mol. The van der Waals surface area contributed by atoms with Gasteiger partial charge < -0.3 is 15.2 Å². The first-order valence-corrected chi connectivity index (χ1v) is 9.22. The Labute approximate surface area is 149 Å². The van der Waals surface area contributed by atoms with Crippen LogP contribution in [-0.4, -0.2) is 29.2 Å². The lowest BCUT2D eigenvalue weighted by atomic mass is 9.94.